The highest BCUT2D eigenvalue weighted by Gasteiger charge is 2.08. The fourth-order valence-electron chi connectivity index (χ4n) is 2.31. The molecule has 0 aromatic carbocycles. The molecule has 5 nitrogen and oxygen atoms in total. The van der Waals surface area contributed by atoms with Crippen molar-refractivity contribution in [1.29, 1.82) is 0 Å². The maximum absolute atomic E-state index is 11.9. The number of allylic oxidation sites excluding steroid dienone is 6. The van der Waals surface area contributed by atoms with Crippen LogP contribution in [0.2, 0.25) is 0 Å². The fraction of sp³-hybridized carbons (Fsp3) is 0.458. The maximum atomic E-state index is 11.9. The second kappa shape index (κ2) is 16.5. The van der Waals surface area contributed by atoms with Gasteiger partial charge in [-0.1, -0.05) is 48.1 Å². The summed E-state index contributed by atoms with van der Waals surface area (Å²) in [5.74, 6) is 0.457. The third kappa shape index (κ3) is 15.6. The van der Waals surface area contributed by atoms with Gasteiger partial charge in [0.05, 0.1) is 12.2 Å². The molecule has 0 heterocycles. The summed E-state index contributed by atoms with van der Waals surface area (Å²) in [6.45, 7) is 17.7. The zero-order valence-corrected chi connectivity index (χ0v) is 20.0. The Morgan fingerprint density at radius 2 is 1.57 bits per heavy atom. The Balaban J connectivity index is 4.51. The Kier molecular flexibility index (Phi) is 15.2. The van der Waals surface area contributed by atoms with Crippen molar-refractivity contribution < 1.29 is 4.79 Å². The monoisotopic (exact) mass is 431 g/mol. The zero-order chi connectivity index (χ0) is 22.9. The fourth-order valence-corrected chi connectivity index (χ4v) is 3.14. The smallest absolute Gasteiger partial charge is 0.243 e. The van der Waals surface area contributed by atoms with Crippen molar-refractivity contribution in [2.45, 2.75) is 60.3 Å². The molecule has 0 radical (unpaired) electrons. The van der Waals surface area contributed by atoms with Crippen LogP contribution in [0.4, 0.5) is 0 Å². The third-order valence-corrected chi connectivity index (χ3v) is 4.86. The minimum absolute atomic E-state index is 0.000556. The molecule has 0 saturated carbocycles. The van der Waals surface area contributed by atoms with Gasteiger partial charge in [0.2, 0.25) is 5.91 Å². The largest absolute Gasteiger partial charge is 0.380 e. The summed E-state index contributed by atoms with van der Waals surface area (Å²) < 4.78 is 0. The summed E-state index contributed by atoms with van der Waals surface area (Å²) >= 11 is 1.48. The topological polar surface area (TPSA) is 70.6 Å². The molecule has 0 unspecified atom stereocenters. The first-order valence-electron chi connectivity index (χ1n) is 10.1. The number of nitroso groups, excluding NO2 is 1. The van der Waals surface area contributed by atoms with E-state index in [0.29, 0.717) is 11.4 Å². The van der Waals surface area contributed by atoms with Crippen molar-refractivity contribution in [1.82, 2.24) is 10.6 Å². The van der Waals surface area contributed by atoms with Crippen LogP contribution in [0.5, 0.6) is 0 Å². The third-order valence-electron chi connectivity index (χ3n) is 4.10. The average molecular weight is 432 g/mol. The molecular formula is C24H37N3O2S. The SMILES string of the molecule is C=C(C)NCC(=O)N/C(=C/SC/C=C(\C)CC/C=C(\C)CCC=C(C)C)C(=C)N=O. The van der Waals surface area contributed by atoms with Crippen molar-refractivity contribution in [3.8, 4) is 0 Å². The first-order chi connectivity index (χ1) is 14.1. The normalized spacial score (nSPS) is 12.2. The number of thioether (sulfide) groups is 1. The molecule has 0 aromatic rings. The molecule has 0 fully saturated rings. The van der Waals surface area contributed by atoms with E-state index in [2.05, 4.69) is 74.9 Å². The predicted octanol–water partition coefficient (Wildman–Crippen LogP) is 6.50. The van der Waals surface area contributed by atoms with Gasteiger partial charge in [-0.25, -0.2) is 0 Å². The summed E-state index contributed by atoms with van der Waals surface area (Å²) in [5, 5.41) is 10.0. The van der Waals surface area contributed by atoms with Crippen molar-refractivity contribution in [2.24, 2.45) is 5.18 Å². The predicted molar refractivity (Wildman–Crippen MR) is 132 cm³/mol. The van der Waals surface area contributed by atoms with Crippen LogP contribution in [0.15, 0.2) is 75.8 Å². The highest BCUT2D eigenvalue weighted by Crippen LogP contribution is 2.15. The summed E-state index contributed by atoms with van der Waals surface area (Å²) in [6, 6.07) is 0. The van der Waals surface area contributed by atoms with Crippen LogP contribution < -0.4 is 10.6 Å². The number of nitrogens with one attached hydrogen (secondary N) is 2. The van der Waals surface area contributed by atoms with Crippen LogP contribution in [0.3, 0.4) is 0 Å². The van der Waals surface area contributed by atoms with Gasteiger partial charge in [0, 0.05) is 11.4 Å². The first-order valence-corrected chi connectivity index (χ1v) is 11.2. The van der Waals surface area contributed by atoms with Gasteiger partial charge < -0.3 is 10.6 Å². The molecule has 1 amide bonds. The van der Waals surface area contributed by atoms with Crippen molar-refractivity contribution >= 4 is 17.7 Å². The Labute approximate surface area is 186 Å². The quantitative estimate of drug-likeness (QED) is 0.134. The van der Waals surface area contributed by atoms with E-state index in [-0.39, 0.29) is 18.1 Å². The second-order valence-corrected chi connectivity index (χ2v) is 8.45. The van der Waals surface area contributed by atoms with Crippen molar-refractivity contribution in [2.75, 3.05) is 12.3 Å². The van der Waals surface area contributed by atoms with Gasteiger partial charge in [0.25, 0.3) is 0 Å². The number of carbonyl (C=O) groups excluding carboxylic acids is 1. The molecule has 0 rings (SSSR count). The van der Waals surface area contributed by atoms with Gasteiger partial charge in [-0.2, -0.15) is 0 Å². The Hall–Kier alpha value is -2.34. The van der Waals surface area contributed by atoms with E-state index < -0.39 is 0 Å². The molecule has 166 valence electrons. The van der Waals surface area contributed by atoms with E-state index in [0.717, 1.165) is 31.4 Å². The van der Waals surface area contributed by atoms with Gasteiger partial charge in [0.15, 0.2) is 0 Å². The summed E-state index contributed by atoms with van der Waals surface area (Å²) in [5.41, 5.74) is 5.12. The standard InChI is InChI=1S/C24H37N3O2S/c1-18(2)10-8-11-20(5)12-9-13-21(6)14-15-30-17-23(22(7)27-29)26-24(28)16-25-19(3)4/h10,12,14,17,25H,3,7-9,11,13,15-16H2,1-2,4-6H3,(H,26,28)/b20-12+,21-14+,23-17+. The number of carbonyl (C=O) groups is 1. The molecule has 0 spiro atoms. The van der Waals surface area contributed by atoms with E-state index in [1.54, 1.807) is 12.3 Å². The lowest BCUT2D eigenvalue weighted by molar-refractivity contribution is -0.119. The minimum Gasteiger partial charge on any atom is -0.380 e. The molecule has 2 N–H and O–H groups in total. The summed E-state index contributed by atoms with van der Waals surface area (Å²) in [4.78, 5) is 22.7. The van der Waals surface area contributed by atoms with Gasteiger partial charge >= 0.3 is 0 Å². The Morgan fingerprint density at radius 3 is 2.13 bits per heavy atom. The van der Waals surface area contributed by atoms with Crippen LogP contribution in [0.1, 0.15) is 60.3 Å². The first kappa shape index (κ1) is 27.7. The van der Waals surface area contributed by atoms with Gasteiger partial charge in [-0.3, -0.25) is 4.79 Å². The van der Waals surface area contributed by atoms with Crippen LogP contribution >= 0.6 is 11.8 Å². The van der Waals surface area contributed by atoms with Crippen LogP contribution in [0.25, 0.3) is 0 Å². The van der Waals surface area contributed by atoms with E-state index in [1.165, 1.54) is 28.5 Å². The molecule has 0 atom stereocenters. The highest BCUT2D eigenvalue weighted by atomic mass is 32.2. The van der Waals surface area contributed by atoms with Gasteiger partial charge in [-0.05, 0) is 70.9 Å². The highest BCUT2D eigenvalue weighted by molar-refractivity contribution is 8.02. The molecule has 0 aliphatic carbocycles. The summed E-state index contributed by atoms with van der Waals surface area (Å²) in [6.07, 6.45) is 11.0. The lowest BCUT2D eigenvalue weighted by Crippen LogP contribution is -2.32. The lowest BCUT2D eigenvalue weighted by Gasteiger charge is -2.09. The molecule has 0 saturated heterocycles. The molecule has 0 bridgehead atoms. The Morgan fingerprint density at radius 1 is 0.967 bits per heavy atom. The molecular weight excluding hydrogens is 394 g/mol. The Bertz CT molecular complexity index is 727. The maximum Gasteiger partial charge on any atom is 0.243 e. The molecule has 0 aliphatic rings. The lowest BCUT2D eigenvalue weighted by atomic mass is 10.1. The zero-order valence-electron chi connectivity index (χ0n) is 19.1. The molecule has 30 heavy (non-hydrogen) atoms. The molecule has 6 heteroatoms. The second-order valence-electron chi connectivity index (χ2n) is 7.54. The number of rotatable bonds is 15. The number of hydrogen-bond donors (Lipinski definition) is 2. The van der Waals surface area contributed by atoms with Gasteiger partial charge in [0.1, 0.15) is 5.70 Å². The van der Waals surface area contributed by atoms with Crippen molar-refractivity contribution in [3.63, 3.8) is 0 Å². The van der Waals surface area contributed by atoms with Crippen LogP contribution in [-0.2, 0) is 4.79 Å². The van der Waals surface area contributed by atoms with E-state index in [1.807, 2.05) is 0 Å². The van der Waals surface area contributed by atoms with Gasteiger partial charge in [-0.15, -0.1) is 16.7 Å². The van der Waals surface area contributed by atoms with Crippen molar-refractivity contribution in [3.05, 3.63) is 75.5 Å². The average Bonchev–Trinajstić information content (AvgIpc) is 2.67. The number of nitrogens with zero attached hydrogens (tertiary/aromatic N) is 1. The minimum atomic E-state index is -0.284. The van der Waals surface area contributed by atoms with E-state index >= 15 is 0 Å². The molecule has 0 aliphatic heterocycles. The number of amides is 1. The van der Waals surface area contributed by atoms with E-state index in [4.69, 9.17) is 0 Å². The number of hydrogen-bond acceptors (Lipinski definition) is 5. The van der Waals surface area contributed by atoms with E-state index in [9.17, 15) is 9.70 Å². The van der Waals surface area contributed by atoms with Crippen LogP contribution in [0, 0.1) is 4.91 Å². The summed E-state index contributed by atoms with van der Waals surface area (Å²) in [7, 11) is 0. The van der Waals surface area contributed by atoms with Crippen LogP contribution in [-0.4, -0.2) is 18.2 Å². The molecule has 0 aromatic heterocycles.